The van der Waals surface area contributed by atoms with Crippen molar-refractivity contribution in [2.45, 2.75) is 0 Å². The fourth-order valence-corrected chi connectivity index (χ4v) is 7.82. The molecule has 0 radical (unpaired) electrons. The molecule has 0 saturated carbocycles. The minimum absolute atomic E-state index is 0.789. The summed E-state index contributed by atoms with van der Waals surface area (Å²) >= 11 is 0. The maximum Gasteiger partial charge on any atom is 0.147 e. The van der Waals surface area contributed by atoms with Crippen LogP contribution in [-0.2, 0) is 0 Å². The Morgan fingerprint density at radius 1 is 0.320 bits per heavy atom. The molecule has 0 unspecified atom stereocenters. The number of anilines is 3. The number of hydrogen-bond donors (Lipinski definition) is 0. The van der Waals surface area contributed by atoms with Gasteiger partial charge in [-0.3, -0.25) is 0 Å². The van der Waals surface area contributed by atoms with E-state index in [0.717, 1.165) is 99.2 Å². The summed E-state index contributed by atoms with van der Waals surface area (Å²) in [5.74, 6) is 0. The molecule has 3 aromatic heterocycles. The van der Waals surface area contributed by atoms with E-state index in [0.29, 0.717) is 0 Å². The van der Waals surface area contributed by atoms with E-state index in [9.17, 15) is 0 Å². The topological polar surface area (TPSA) is 42.7 Å². The van der Waals surface area contributed by atoms with Gasteiger partial charge in [0.15, 0.2) is 0 Å². The Bertz CT molecular complexity index is 3090. The Morgan fingerprint density at radius 2 is 0.940 bits per heavy atom. The standard InChI is InChI=1S/C46H27NO3/c1-2-10-28(11-3-1)29-20-23-31(24-21-29)47(36-15-8-18-39-42(36)35-25-22-30-12-4-5-13-32(30)45(35)50-39)37-16-9-19-40-43(37)44-41(48-40)27-26-34-33-14-6-7-17-38(33)49-46(34)44/h1-27H. The van der Waals surface area contributed by atoms with Crippen LogP contribution in [0.4, 0.5) is 17.1 Å². The van der Waals surface area contributed by atoms with Gasteiger partial charge in [0.2, 0.25) is 0 Å². The fraction of sp³-hybridized carbons (Fsp3) is 0. The predicted octanol–water partition coefficient (Wildman–Crippen LogP) is 13.7. The molecule has 4 nitrogen and oxygen atoms in total. The first-order valence-electron chi connectivity index (χ1n) is 16.8. The molecule has 8 aromatic carbocycles. The normalized spacial score (nSPS) is 12.0. The molecule has 4 heteroatoms. The van der Waals surface area contributed by atoms with Gasteiger partial charge in [-0.05, 0) is 77.2 Å². The zero-order valence-electron chi connectivity index (χ0n) is 26.8. The molecule has 3 heterocycles. The zero-order valence-corrected chi connectivity index (χ0v) is 26.8. The SMILES string of the molecule is c1ccc(-c2ccc(N(c3cccc4oc5c6ccccc6ccc5c34)c3cccc4oc5ccc6c7ccccc7oc6c5c34)cc2)cc1. The van der Waals surface area contributed by atoms with Crippen LogP contribution < -0.4 is 4.90 Å². The van der Waals surface area contributed by atoms with Crippen molar-refractivity contribution in [2.75, 3.05) is 4.90 Å². The molecule has 50 heavy (non-hydrogen) atoms. The van der Waals surface area contributed by atoms with Crippen LogP contribution >= 0.6 is 0 Å². The predicted molar refractivity (Wildman–Crippen MR) is 206 cm³/mol. The first-order valence-corrected chi connectivity index (χ1v) is 16.8. The van der Waals surface area contributed by atoms with Gasteiger partial charge < -0.3 is 18.2 Å². The highest BCUT2D eigenvalue weighted by molar-refractivity contribution is 6.26. The maximum atomic E-state index is 6.68. The second kappa shape index (κ2) is 10.4. The van der Waals surface area contributed by atoms with E-state index in [4.69, 9.17) is 13.3 Å². The van der Waals surface area contributed by atoms with Gasteiger partial charge in [-0.15, -0.1) is 0 Å². The Hall–Kier alpha value is -6.78. The minimum Gasteiger partial charge on any atom is -0.456 e. The van der Waals surface area contributed by atoms with Crippen molar-refractivity contribution in [3.63, 3.8) is 0 Å². The molecular formula is C46H27NO3. The molecular weight excluding hydrogens is 615 g/mol. The molecule has 0 saturated heterocycles. The highest BCUT2D eigenvalue weighted by atomic mass is 16.3. The molecule has 0 bridgehead atoms. The van der Waals surface area contributed by atoms with Gasteiger partial charge in [-0.1, -0.05) is 103 Å². The molecule has 0 aliphatic heterocycles. The zero-order chi connectivity index (χ0) is 32.8. The quantitative estimate of drug-likeness (QED) is 0.192. The van der Waals surface area contributed by atoms with Crippen LogP contribution in [0.2, 0.25) is 0 Å². The average molecular weight is 642 g/mol. The van der Waals surface area contributed by atoms with Gasteiger partial charge in [0.25, 0.3) is 0 Å². The van der Waals surface area contributed by atoms with E-state index in [1.165, 1.54) is 5.56 Å². The molecule has 0 atom stereocenters. The van der Waals surface area contributed by atoms with Crippen molar-refractivity contribution in [2.24, 2.45) is 0 Å². The highest BCUT2D eigenvalue weighted by Gasteiger charge is 2.25. The summed E-state index contributed by atoms with van der Waals surface area (Å²) in [6.45, 7) is 0. The Morgan fingerprint density at radius 3 is 1.78 bits per heavy atom. The number of hydrogen-bond acceptors (Lipinski definition) is 4. The molecule has 11 rings (SSSR count). The van der Waals surface area contributed by atoms with E-state index in [1.807, 2.05) is 24.3 Å². The van der Waals surface area contributed by atoms with Gasteiger partial charge in [-0.2, -0.15) is 0 Å². The largest absolute Gasteiger partial charge is 0.456 e. The summed E-state index contributed by atoms with van der Waals surface area (Å²) in [4.78, 5) is 2.35. The van der Waals surface area contributed by atoms with Crippen LogP contribution in [-0.4, -0.2) is 0 Å². The molecule has 0 amide bonds. The first-order chi connectivity index (χ1) is 24.8. The molecule has 234 valence electrons. The van der Waals surface area contributed by atoms with E-state index in [-0.39, 0.29) is 0 Å². The van der Waals surface area contributed by atoms with E-state index in [2.05, 4.69) is 144 Å². The number of fused-ring (bicyclic) bond motifs is 12. The van der Waals surface area contributed by atoms with Crippen LogP contribution in [0.15, 0.2) is 177 Å². The summed E-state index contributed by atoms with van der Waals surface area (Å²) < 4.78 is 19.9. The monoisotopic (exact) mass is 641 g/mol. The molecule has 0 aliphatic rings. The van der Waals surface area contributed by atoms with Crippen molar-refractivity contribution >= 4 is 93.7 Å². The number of furan rings is 3. The van der Waals surface area contributed by atoms with Gasteiger partial charge in [-0.25, -0.2) is 0 Å². The third-order valence-corrected chi connectivity index (χ3v) is 10.1. The van der Waals surface area contributed by atoms with Crippen LogP contribution in [0.5, 0.6) is 0 Å². The fourth-order valence-electron chi connectivity index (χ4n) is 7.82. The van der Waals surface area contributed by atoms with Crippen LogP contribution in [0, 0.1) is 0 Å². The lowest BCUT2D eigenvalue weighted by atomic mass is 10.0. The van der Waals surface area contributed by atoms with Crippen LogP contribution in [0.25, 0.3) is 87.7 Å². The number of nitrogens with zero attached hydrogens (tertiary/aromatic N) is 1. The molecule has 11 aromatic rings. The van der Waals surface area contributed by atoms with Crippen LogP contribution in [0.3, 0.4) is 0 Å². The highest BCUT2D eigenvalue weighted by Crippen LogP contribution is 2.49. The third-order valence-electron chi connectivity index (χ3n) is 10.1. The Balaban J connectivity index is 1.24. The third kappa shape index (κ3) is 3.87. The summed E-state index contributed by atoms with van der Waals surface area (Å²) in [7, 11) is 0. The minimum atomic E-state index is 0.789. The van der Waals surface area contributed by atoms with Crippen molar-refractivity contribution < 1.29 is 13.3 Å². The van der Waals surface area contributed by atoms with Gasteiger partial charge >= 0.3 is 0 Å². The van der Waals surface area contributed by atoms with Crippen molar-refractivity contribution in [1.82, 2.24) is 0 Å². The van der Waals surface area contributed by atoms with Crippen LogP contribution in [0.1, 0.15) is 0 Å². The second-order valence-electron chi connectivity index (χ2n) is 12.8. The molecule has 0 spiro atoms. The van der Waals surface area contributed by atoms with Gasteiger partial charge in [0.05, 0.1) is 27.5 Å². The number of rotatable bonds is 4. The van der Waals surface area contributed by atoms with E-state index < -0.39 is 0 Å². The van der Waals surface area contributed by atoms with Crippen molar-refractivity contribution in [3.8, 4) is 11.1 Å². The van der Waals surface area contributed by atoms with Gasteiger partial charge in [0, 0.05) is 27.2 Å². The smallest absolute Gasteiger partial charge is 0.147 e. The average Bonchev–Trinajstić information content (AvgIpc) is 3.87. The number of para-hydroxylation sites is 1. The summed E-state index contributed by atoms with van der Waals surface area (Å²) in [5.41, 5.74) is 10.4. The Kier molecular flexibility index (Phi) is 5.63. The molecule has 0 N–H and O–H groups in total. The molecule has 0 aliphatic carbocycles. The number of benzene rings is 8. The second-order valence-corrected chi connectivity index (χ2v) is 12.8. The lowest BCUT2D eigenvalue weighted by molar-refractivity contribution is 0.663. The van der Waals surface area contributed by atoms with Crippen molar-refractivity contribution in [3.05, 3.63) is 164 Å². The Labute approximate surface area is 286 Å². The first kappa shape index (κ1) is 27.2. The van der Waals surface area contributed by atoms with E-state index >= 15 is 0 Å². The van der Waals surface area contributed by atoms with Crippen molar-refractivity contribution in [1.29, 1.82) is 0 Å². The summed E-state index contributed by atoms with van der Waals surface area (Å²) in [6, 6.07) is 57.1. The summed E-state index contributed by atoms with van der Waals surface area (Å²) in [6.07, 6.45) is 0. The van der Waals surface area contributed by atoms with E-state index in [1.54, 1.807) is 0 Å². The lowest BCUT2D eigenvalue weighted by Crippen LogP contribution is -2.10. The molecule has 0 fully saturated rings. The van der Waals surface area contributed by atoms with Gasteiger partial charge in [0.1, 0.15) is 33.5 Å². The maximum absolute atomic E-state index is 6.68. The lowest BCUT2D eigenvalue weighted by Gasteiger charge is -2.27. The summed E-state index contributed by atoms with van der Waals surface area (Å²) in [5, 5.41) is 8.49.